The van der Waals surface area contributed by atoms with Gasteiger partial charge in [0, 0.05) is 25.2 Å². The van der Waals surface area contributed by atoms with Crippen molar-refractivity contribution in [2.75, 3.05) is 41.0 Å². The first-order valence-electron chi connectivity index (χ1n) is 11.1. The second-order valence-electron chi connectivity index (χ2n) is 7.88. The Balaban J connectivity index is 1.60. The molecule has 2 aromatic rings. The summed E-state index contributed by atoms with van der Waals surface area (Å²) in [5.74, 6) is 0.966. The fourth-order valence-corrected chi connectivity index (χ4v) is 5.41. The molecule has 8 nitrogen and oxygen atoms in total. The van der Waals surface area contributed by atoms with Gasteiger partial charge >= 0.3 is 0 Å². The molecular weight excluding hydrogens is 444 g/mol. The molecule has 1 N–H and O–H groups in total. The highest BCUT2D eigenvalue weighted by Crippen LogP contribution is 2.38. The molecule has 33 heavy (non-hydrogen) atoms. The number of carbonyl (C=O) groups excluding carboxylic acids is 1. The Morgan fingerprint density at radius 3 is 2.00 bits per heavy atom. The Morgan fingerprint density at radius 2 is 1.48 bits per heavy atom. The minimum atomic E-state index is -3.46. The number of hydrogen-bond acceptors (Lipinski definition) is 6. The van der Waals surface area contributed by atoms with Crippen LogP contribution in [0.5, 0.6) is 17.2 Å². The number of sulfonamides is 1. The molecular formula is C24H32N2O6S. The largest absolute Gasteiger partial charge is 0.493 e. The zero-order valence-electron chi connectivity index (χ0n) is 19.4. The van der Waals surface area contributed by atoms with E-state index in [2.05, 4.69) is 5.32 Å². The van der Waals surface area contributed by atoms with Crippen LogP contribution in [0.3, 0.4) is 0 Å². The van der Waals surface area contributed by atoms with E-state index in [0.717, 1.165) is 31.2 Å². The molecule has 0 atom stereocenters. The van der Waals surface area contributed by atoms with Crippen molar-refractivity contribution in [1.29, 1.82) is 0 Å². The van der Waals surface area contributed by atoms with E-state index in [-0.39, 0.29) is 5.91 Å². The summed E-state index contributed by atoms with van der Waals surface area (Å²) in [6.45, 7) is 1.56. The van der Waals surface area contributed by atoms with Crippen LogP contribution in [0, 0.1) is 0 Å². The number of rotatable bonds is 9. The van der Waals surface area contributed by atoms with Gasteiger partial charge in [-0.1, -0.05) is 25.0 Å². The minimum Gasteiger partial charge on any atom is -0.493 e. The molecule has 1 amide bonds. The smallest absolute Gasteiger partial charge is 0.251 e. The molecule has 1 fully saturated rings. The van der Waals surface area contributed by atoms with Crippen LogP contribution in [-0.2, 0) is 16.4 Å². The van der Waals surface area contributed by atoms with Crippen LogP contribution in [0.4, 0.5) is 0 Å². The van der Waals surface area contributed by atoms with Crippen molar-refractivity contribution in [1.82, 2.24) is 9.62 Å². The molecule has 0 saturated carbocycles. The molecule has 1 heterocycles. The summed E-state index contributed by atoms with van der Waals surface area (Å²) in [4.78, 5) is 12.9. The summed E-state index contributed by atoms with van der Waals surface area (Å²) in [6.07, 6.45) is 4.53. The standard InChI is InChI=1S/C24H32N2O6S/c1-30-21-16-19(17-22(31-2)23(21)32-3)24(27)25-13-12-18-8-10-20(11-9-18)33(28,29)26-14-6-4-5-7-15-26/h8-11,16-17H,4-7,12-15H2,1-3H3,(H,25,27). The molecule has 0 radical (unpaired) electrons. The monoisotopic (exact) mass is 476 g/mol. The summed E-state index contributed by atoms with van der Waals surface area (Å²) in [6, 6.07) is 10.1. The zero-order valence-corrected chi connectivity index (χ0v) is 20.2. The molecule has 0 bridgehead atoms. The lowest BCUT2D eigenvalue weighted by Gasteiger charge is -2.20. The van der Waals surface area contributed by atoms with Gasteiger partial charge in [-0.3, -0.25) is 4.79 Å². The number of nitrogens with one attached hydrogen (secondary N) is 1. The van der Waals surface area contributed by atoms with Gasteiger partial charge in [0.15, 0.2) is 11.5 Å². The number of benzene rings is 2. The predicted octanol–water partition coefficient (Wildman–Crippen LogP) is 3.25. The molecule has 0 aromatic heterocycles. The average molecular weight is 477 g/mol. The number of amides is 1. The number of carbonyl (C=O) groups is 1. The third-order valence-corrected chi connectivity index (χ3v) is 7.67. The molecule has 1 aliphatic rings. The fourth-order valence-electron chi connectivity index (χ4n) is 3.89. The first kappa shape index (κ1) is 24.9. The lowest BCUT2D eigenvalue weighted by atomic mass is 10.1. The summed E-state index contributed by atoms with van der Waals surface area (Å²) in [5.41, 5.74) is 1.33. The van der Waals surface area contributed by atoms with Gasteiger partial charge in [0.25, 0.3) is 5.91 Å². The average Bonchev–Trinajstić information content (AvgIpc) is 3.13. The number of methoxy groups -OCH3 is 3. The molecule has 2 aromatic carbocycles. The second-order valence-corrected chi connectivity index (χ2v) is 9.82. The number of hydrogen-bond donors (Lipinski definition) is 1. The van der Waals surface area contributed by atoms with Crippen LogP contribution in [-0.4, -0.2) is 59.6 Å². The molecule has 3 rings (SSSR count). The van der Waals surface area contributed by atoms with Crippen molar-refractivity contribution in [2.45, 2.75) is 37.0 Å². The van der Waals surface area contributed by atoms with Gasteiger partial charge in [0.2, 0.25) is 15.8 Å². The van der Waals surface area contributed by atoms with Gasteiger partial charge in [-0.05, 0) is 49.1 Å². The third-order valence-electron chi connectivity index (χ3n) is 5.75. The van der Waals surface area contributed by atoms with Crippen LogP contribution >= 0.6 is 0 Å². The van der Waals surface area contributed by atoms with Crippen molar-refractivity contribution in [2.24, 2.45) is 0 Å². The van der Waals surface area contributed by atoms with E-state index < -0.39 is 10.0 Å². The molecule has 0 unspecified atom stereocenters. The molecule has 0 aliphatic carbocycles. The Labute approximate surface area is 195 Å². The van der Waals surface area contributed by atoms with Crippen molar-refractivity contribution in [3.8, 4) is 17.2 Å². The Hall–Kier alpha value is -2.78. The minimum absolute atomic E-state index is 0.269. The van der Waals surface area contributed by atoms with Crippen molar-refractivity contribution < 1.29 is 27.4 Å². The maximum atomic E-state index is 12.9. The molecule has 1 aliphatic heterocycles. The van der Waals surface area contributed by atoms with Crippen molar-refractivity contribution in [3.05, 3.63) is 47.5 Å². The van der Waals surface area contributed by atoms with Gasteiger partial charge < -0.3 is 19.5 Å². The van der Waals surface area contributed by atoms with E-state index in [1.807, 2.05) is 0 Å². The quantitative estimate of drug-likeness (QED) is 0.597. The Morgan fingerprint density at radius 1 is 0.909 bits per heavy atom. The van der Waals surface area contributed by atoms with Gasteiger partial charge in [-0.15, -0.1) is 0 Å². The van der Waals surface area contributed by atoms with Crippen LogP contribution in [0.1, 0.15) is 41.6 Å². The van der Waals surface area contributed by atoms with E-state index >= 15 is 0 Å². The maximum Gasteiger partial charge on any atom is 0.251 e. The normalized spacial score (nSPS) is 14.9. The Bertz CT molecular complexity index is 1020. The molecule has 1 saturated heterocycles. The highest BCUT2D eigenvalue weighted by Gasteiger charge is 2.25. The summed E-state index contributed by atoms with van der Waals surface area (Å²) in [5, 5.41) is 2.87. The summed E-state index contributed by atoms with van der Waals surface area (Å²) in [7, 11) is 1.03. The van der Waals surface area contributed by atoms with Crippen molar-refractivity contribution >= 4 is 15.9 Å². The number of nitrogens with zero attached hydrogens (tertiary/aromatic N) is 1. The molecule has 0 spiro atoms. The highest BCUT2D eigenvalue weighted by atomic mass is 32.2. The molecule has 180 valence electrons. The topological polar surface area (TPSA) is 94.2 Å². The van der Waals surface area contributed by atoms with Crippen LogP contribution < -0.4 is 19.5 Å². The maximum absolute atomic E-state index is 12.9. The Kier molecular flexibility index (Phi) is 8.57. The summed E-state index contributed by atoms with van der Waals surface area (Å²) < 4.78 is 43.3. The first-order chi connectivity index (χ1) is 15.9. The zero-order chi connectivity index (χ0) is 23.8. The van der Waals surface area contributed by atoms with E-state index in [0.29, 0.717) is 53.8 Å². The predicted molar refractivity (Wildman–Crippen MR) is 126 cm³/mol. The molecule has 9 heteroatoms. The van der Waals surface area contributed by atoms with E-state index in [1.165, 1.54) is 21.3 Å². The van der Waals surface area contributed by atoms with Crippen LogP contribution in [0.2, 0.25) is 0 Å². The fraction of sp³-hybridized carbons (Fsp3) is 0.458. The van der Waals surface area contributed by atoms with Gasteiger partial charge in [0.05, 0.1) is 26.2 Å². The van der Waals surface area contributed by atoms with E-state index in [1.54, 1.807) is 40.7 Å². The van der Waals surface area contributed by atoms with Crippen LogP contribution in [0.15, 0.2) is 41.3 Å². The number of ether oxygens (including phenoxy) is 3. The van der Waals surface area contributed by atoms with Gasteiger partial charge in [-0.2, -0.15) is 4.31 Å². The van der Waals surface area contributed by atoms with Crippen molar-refractivity contribution in [3.63, 3.8) is 0 Å². The van der Waals surface area contributed by atoms with E-state index in [9.17, 15) is 13.2 Å². The highest BCUT2D eigenvalue weighted by molar-refractivity contribution is 7.89. The second kappa shape index (κ2) is 11.4. The SMILES string of the molecule is COc1cc(C(=O)NCCc2ccc(S(=O)(=O)N3CCCCCC3)cc2)cc(OC)c1OC. The van der Waals surface area contributed by atoms with Gasteiger partial charge in [-0.25, -0.2) is 8.42 Å². The summed E-state index contributed by atoms with van der Waals surface area (Å²) >= 11 is 0. The van der Waals surface area contributed by atoms with Crippen LogP contribution in [0.25, 0.3) is 0 Å². The third kappa shape index (κ3) is 5.97. The van der Waals surface area contributed by atoms with E-state index in [4.69, 9.17) is 14.2 Å². The lowest BCUT2D eigenvalue weighted by molar-refractivity contribution is 0.0953. The van der Waals surface area contributed by atoms with Gasteiger partial charge in [0.1, 0.15) is 0 Å². The first-order valence-corrected chi connectivity index (χ1v) is 12.5. The lowest BCUT2D eigenvalue weighted by Crippen LogP contribution is -2.31.